The molecule has 1 aromatic rings. The van der Waals surface area contributed by atoms with Crippen molar-refractivity contribution < 1.29 is 9.18 Å². The summed E-state index contributed by atoms with van der Waals surface area (Å²) in [4.78, 5) is 14.1. The maximum atomic E-state index is 13.8. The lowest BCUT2D eigenvalue weighted by Gasteiger charge is -2.37. The number of halogens is 3. The van der Waals surface area contributed by atoms with Crippen molar-refractivity contribution in [3.05, 3.63) is 34.1 Å². The van der Waals surface area contributed by atoms with E-state index in [0.29, 0.717) is 16.9 Å². The average Bonchev–Trinajstić information content (AvgIpc) is 2.25. The first-order valence-corrected chi connectivity index (χ1v) is 7.29. The van der Waals surface area contributed by atoms with Crippen LogP contribution in [0.3, 0.4) is 0 Å². The van der Waals surface area contributed by atoms with E-state index >= 15 is 0 Å². The van der Waals surface area contributed by atoms with Crippen LogP contribution in [0.15, 0.2) is 22.7 Å². The summed E-state index contributed by atoms with van der Waals surface area (Å²) in [5.41, 5.74) is 0.106. The van der Waals surface area contributed by atoms with E-state index in [1.807, 2.05) is 0 Å². The van der Waals surface area contributed by atoms with Gasteiger partial charge in [-0.25, -0.2) is 4.39 Å². The van der Waals surface area contributed by atoms with Gasteiger partial charge in [-0.15, -0.1) is 11.6 Å². The number of rotatable bonds is 4. The molecule has 0 spiro atoms. The summed E-state index contributed by atoms with van der Waals surface area (Å²) in [5.74, 6) is -0.396. The summed E-state index contributed by atoms with van der Waals surface area (Å²) in [6.07, 6.45) is 3.08. The highest BCUT2D eigenvalue weighted by Gasteiger charge is 2.31. The molecule has 0 atom stereocenters. The molecule has 1 amide bonds. The summed E-state index contributed by atoms with van der Waals surface area (Å²) in [7, 11) is 0. The average molecular weight is 335 g/mol. The molecule has 98 valence electrons. The second-order valence-electron chi connectivity index (χ2n) is 4.37. The Kier molecular flexibility index (Phi) is 4.62. The Labute approximate surface area is 119 Å². The van der Waals surface area contributed by atoms with Crippen molar-refractivity contribution in [2.75, 3.05) is 12.4 Å². The highest BCUT2D eigenvalue weighted by molar-refractivity contribution is 9.10. The number of alkyl halides is 1. The van der Waals surface area contributed by atoms with Gasteiger partial charge in [0.15, 0.2) is 0 Å². The molecule has 0 radical (unpaired) electrons. The van der Waals surface area contributed by atoms with Crippen LogP contribution < -0.4 is 0 Å². The smallest absolute Gasteiger partial charge is 0.258 e. The number of nitrogens with zero attached hydrogens (tertiary/aromatic N) is 1. The van der Waals surface area contributed by atoms with Crippen molar-refractivity contribution in [3.63, 3.8) is 0 Å². The molecule has 1 fully saturated rings. The second-order valence-corrected chi connectivity index (χ2v) is 5.60. The summed E-state index contributed by atoms with van der Waals surface area (Å²) >= 11 is 8.97. The molecule has 1 aromatic carbocycles. The lowest BCUT2D eigenvalue weighted by molar-refractivity contribution is 0.0592. The van der Waals surface area contributed by atoms with Crippen LogP contribution in [0.2, 0.25) is 0 Å². The van der Waals surface area contributed by atoms with E-state index < -0.39 is 5.82 Å². The van der Waals surface area contributed by atoms with E-state index in [1.54, 1.807) is 17.0 Å². The molecule has 0 heterocycles. The van der Waals surface area contributed by atoms with Gasteiger partial charge in [-0.05, 0) is 47.3 Å². The highest BCUT2D eigenvalue weighted by Crippen LogP contribution is 2.28. The predicted molar refractivity (Wildman–Crippen MR) is 73.5 cm³/mol. The Bertz CT molecular complexity index is 430. The summed E-state index contributed by atoms with van der Waals surface area (Å²) in [6.45, 7) is 0.464. The maximum absolute atomic E-state index is 13.8. The minimum atomic E-state index is -0.492. The maximum Gasteiger partial charge on any atom is 0.258 e. The third-order valence-electron chi connectivity index (χ3n) is 3.28. The number of amides is 1. The zero-order valence-electron chi connectivity index (χ0n) is 9.83. The molecule has 2 rings (SSSR count). The van der Waals surface area contributed by atoms with Crippen molar-refractivity contribution in [2.45, 2.75) is 25.3 Å². The lowest BCUT2D eigenvalue weighted by atomic mass is 9.91. The Morgan fingerprint density at radius 1 is 1.50 bits per heavy atom. The summed E-state index contributed by atoms with van der Waals surface area (Å²) in [6, 6.07) is 4.77. The molecular weight excluding hydrogens is 321 g/mol. The number of carbonyl (C=O) groups is 1. The molecule has 2 nitrogen and oxygen atoms in total. The first-order valence-electron chi connectivity index (χ1n) is 5.96. The lowest BCUT2D eigenvalue weighted by Crippen LogP contribution is -2.45. The van der Waals surface area contributed by atoms with Crippen LogP contribution in [-0.4, -0.2) is 29.3 Å². The van der Waals surface area contributed by atoms with Crippen molar-refractivity contribution in [2.24, 2.45) is 0 Å². The van der Waals surface area contributed by atoms with E-state index in [0.717, 1.165) is 19.3 Å². The second kappa shape index (κ2) is 6.02. The topological polar surface area (TPSA) is 20.3 Å². The van der Waals surface area contributed by atoms with Gasteiger partial charge in [0.2, 0.25) is 0 Å². The van der Waals surface area contributed by atoms with Crippen LogP contribution in [0.5, 0.6) is 0 Å². The predicted octanol–water partition coefficient (Wildman–Crippen LogP) is 3.82. The molecule has 1 aliphatic rings. The number of hydrogen-bond donors (Lipinski definition) is 0. The van der Waals surface area contributed by atoms with Crippen LogP contribution in [0.25, 0.3) is 0 Å². The fourth-order valence-corrected chi connectivity index (χ4v) is 2.78. The van der Waals surface area contributed by atoms with Crippen LogP contribution in [-0.2, 0) is 0 Å². The first-order chi connectivity index (χ1) is 8.65. The third-order valence-corrected chi connectivity index (χ3v) is 4.11. The van der Waals surface area contributed by atoms with Crippen molar-refractivity contribution >= 4 is 33.4 Å². The quantitative estimate of drug-likeness (QED) is 0.767. The zero-order valence-corrected chi connectivity index (χ0v) is 12.2. The number of carbonyl (C=O) groups excluding carboxylic acids is 1. The fraction of sp³-hybridized carbons (Fsp3) is 0.462. The van der Waals surface area contributed by atoms with Gasteiger partial charge in [0, 0.05) is 22.9 Å². The van der Waals surface area contributed by atoms with Gasteiger partial charge in [0.05, 0.1) is 5.56 Å². The van der Waals surface area contributed by atoms with E-state index in [-0.39, 0.29) is 17.5 Å². The largest absolute Gasteiger partial charge is 0.334 e. The molecule has 1 aliphatic carbocycles. The van der Waals surface area contributed by atoms with E-state index in [2.05, 4.69) is 15.9 Å². The Morgan fingerprint density at radius 2 is 2.22 bits per heavy atom. The Balaban J connectivity index is 2.27. The van der Waals surface area contributed by atoms with Gasteiger partial charge in [-0.3, -0.25) is 4.79 Å². The fourth-order valence-electron chi connectivity index (χ4n) is 2.09. The van der Waals surface area contributed by atoms with Gasteiger partial charge in [0.25, 0.3) is 5.91 Å². The molecule has 1 saturated carbocycles. The van der Waals surface area contributed by atoms with Gasteiger partial charge in [-0.2, -0.15) is 0 Å². The van der Waals surface area contributed by atoms with Crippen LogP contribution in [0, 0.1) is 5.82 Å². The standard InChI is InChI=1S/C13H14BrClFNO/c14-10-5-2-6-11(16)12(10)13(18)17(8-7-15)9-3-1-4-9/h2,5-6,9H,1,3-4,7-8H2. The molecule has 0 saturated heterocycles. The first kappa shape index (κ1) is 13.8. The highest BCUT2D eigenvalue weighted by atomic mass is 79.9. The van der Waals surface area contributed by atoms with Crippen molar-refractivity contribution in [3.8, 4) is 0 Å². The van der Waals surface area contributed by atoms with E-state index in [4.69, 9.17) is 11.6 Å². The molecule has 0 N–H and O–H groups in total. The van der Waals surface area contributed by atoms with Crippen LogP contribution in [0.1, 0.15) is 29.6 Å². The van der Waals surface area contributed by atoms with Gasteiger partial charge < -0.3 is 4.90 Å². The van der Waals surface area contributed by atoms with Crippen LogP contribution >= 0.6 is 27.5 Å². The van der Waals surface area contributed by atoms with Gasteiger partial charge in [-0.1, -0.05) is 6.07 Å². The molecule has 0 aromatic heterocycles. The summed E-state index contributed by atoms with van der Waals surface area (Å²) in [5, 5.41) is 0. The molecular formula is C13H14BrClFNO. The third kappa shape index (κ3) is 2.69. The normalized spacial score (nSPS) is 15.3. The van der Waals surface area contributed by atoms with Gasteiger partial charge in [0.1, 0.15) is 5.82 Å². The monoisotopic (exact) mass is 333 g/mol. The molecule has 0 bridgehead atoms. The van der Waals surface area contributed by atoms with Crippen molar-refractivity contribution in [1.82, 2.24) is 4.90 Å². The Hall–Kier alpha value is -0.610. The van der Waals surface area contributed by atoms with Crippen molar-refractivity contribution in [1.29, 1.82) is 0 Å². The minimum absolute atomic E-state index is 0.106. The molecule has 0 unspecified atom stereocenters. The zero-order chi connectivity index (χ0) is 13.1. The Morgan fingerprint density at radius 3 is 2.72 bits per heavy atom. The van der Waals surface area contributed by atoms with Gasteiger partial charge >= 0.3 is 0 Å². The van der Waals surface area contributed by atoms with E-state index in [1.165, 1.54) is 6.07 Å². The number of benzene rings is 1. The number of hydrogen-bond acceptors (Lipinski definition) is 1. The molecule has 5 heteroatoms. The minimum Gasteiger partial charge on any atom is -0.334 e. The molecule has 18 heavy (non-hydrogen) atoms. The van der Waals surface area contributed by atoms with Crippen LogP contribution in [0.4, 0.5) is 4.39 Å². The van der Waals surface area contributed by atoms with E-state index in [9.17, 15) is 9.18 Å². The summed E-state index contributed by atoms with van der Waals surface area (Å²) < 4.78 is 14.3. The molecule has 0 aliphatic heterocycles. The SMILES string of the molecule is O=C(c1c(F)cccc1Br)N(CCCl)C1CCC1.